The van der Waals surface area contributed by atoms with E-state index in [1.807, 2.05) is 24.7 Å². The lowest BCUT2D eigenvalue weighted by Crippen LogP contribution is -1.99. The third-order valence-corrected chi connectivity index (χ3v) is 3.32. The fourth-order valence-electron chi connectivity index (χ4n) is 2.18. The molecule has 1 aromatic carbocycles. The minimum absolute atomic E-state index is 0.100. The maximum absolute atomic E-state index is 9.32. The van der Waals surface area contributed by atoms with E-state index in [2.05, 4.69) is 37.3 Å². The van der Waals surface area contributed by atoms with Gasteiger partial charge in [-0.2, -0.15) is 5.10 Å². The van der Waals surface area contributed by atoms with E-state index in [1.165, 1.54) is 0 Å². The summed E-state index contributed by atoms with van der Waals surface area (Å²) in [5, 5.41) is 13.7. The normalized spacial score (nSPS) is 11.2. The minimum Gasteiger partial charge on any atom is -0.392 e. The Labute approximate surface area is 108 Å². The molecule has 0 unspecified atom stereocenters. The standard InChI is InChI=1S/C15H20N2O/c1-10(2)17-8-14(7-16-17)13-5-11(3)15(9-18)12(4)6-13/h5-8,10,18H,9H2,1-4H3. The van der Waals surface area contributed by atoms with Gasteiger partial charge in [0, 0.05) is 17.8 Å². The van der Waals surface area contributed by atoms with Crippen LogP contribution in [0.15, 0.2) is 24.5 Å². The summed E-state index contributed by atoms with van der Waals surface area (Å²) in [6.07, 6.45) is 3.96. The summed E-state index contributed by atoms with van der Waals surface area (Å²) < 4.78 is 1.96. The second-order valence-corrected chi connectivity index (χ2v) is 5.05. The van der Waals surface area contributed by atoms with Gasteiger partial charge < -0.3 is 5.11 Å². The van der Waals surface area contributed by atoms with E-state index < -0.39 is 0 Å². The van der Waals surface area contributed by atoms with Crippen LogP contribution in [-0.4, -0.2) is 14.9 Å². The van der Waals surface area contributed by atoms with Gasteiger partial charge in [-0.3, -0.25) is 4.68 Å². The van der Waals surface area contributed by atoms with Crippen molar-refractivity contribution in [1.29, 1.82) is 0 Å². The highest BCUT2D eigenvalue weighted by Gasteiger charge is 2.08. The lowest BCUT2D eigenvalue weighted by molar-refractivity contribution is 0.280. The van der Waals surface area contributed by atoms with E-state index in [0.29, 0.717) is 6.04 Å². The van der Waals surface area contributed by atoms with Crippen molar-refractivity contribution in [3.8, 4) is 11.1 Å². The number of aliphatic hydroxyl groups excluding tert-OH is 1. The second-order valence-electron chi connectivity index (χ2n) is 5.05. The number of nitrogens with zero attached hydrogens (tertiary/aromatic N) is 2. The number of aliphatic hydroxyl groups is 1. The number of rotatable bonds is 3. The van der Waals surface area contributed by atoms with Gasteiger partial charge in [-0.05, 0) is 49.9 Å². The summed E-state index contributed by atoms with van der Waals surface area (Å²) in [7, 11) is 0. The molecule has 0 saturated heterocycles. The van der Waals surface area contributed by atoms with Crippen molar-refractivity contribution in [3.63, 3.8) is 0 Å². The zero-order valence-corrected chi connectivity index (χ0v) is 11.4. The van der Waals surface area contributed by atoms with Crippen LogP contribution in [0.1, 0.15) is 36.6 Å². The Hall–Kier alpha value is -1.61. The molecular weight excluding hydrogens is 224 g/mol. The van der Waals surface area contributed by atoms with Crippen LogP contribution < -0.4 is 0 Å². The second kappa shape index (κ2) is 4.94. The number of hydrogen-bond acceptors (Lipinski definition) is 2. The van der Waals surface area contributed by atoms with Crippen LogP contribution in [0, 0.1) is 13.8 Å². The van der Waals surface area contributed by atoms with Gasteiger partial charge in [0.05, 0.1) is 12.8 Å². The summed E-state index contributed by atoms with van der Waals surface area (Å²) in [6, 6.07) is 4.60. The quantitative estimate of drug-likeness (QED) is 0.900. The first-order valence-electron chi connectivity index (χ1n) is 6.28. The van der Waals surface area contributed by atoms with Crippen LogP contribution in [0.5, 0.6) is 0 Å². The molecule has 0 aliphatic heterocycles. The summed E-state index contributed by atoms with van der Waals surface area (Å²) in [5.74, 6) is 0. The average Bonchev–Trinajstić information content (AvgIpc) is 2.77. The van der Waals surface area contributed by atoms with Crippen molar-refractivity contribution >= 4 is 0 Å². The molecule has 2 rings (SSSR count). The van der Waals surface area contributed by atoms with Crippen LogP contribution in [0.25, 0.3) is 11.1 Å². The smallest absolute Gasteiger partial charge is 0.0686 e. The van der Waals surface area contributed by atoms with E-state index in [4.69, 9.17) is 0 Å². The molecule has 0 saturated carbocycles. The lowest BCUT2D eigenvalue weighted by atomic mass is 9.97. The SMILES string of the molecule is Cc1cc(-c2cnn(C(C)C)c2)cc(C)c1CO. The van der Waals surface area contributed by atoms with Crippen molar-refractivity contribution in [2.75, 3.05) is 0 Å². The minimum atomic E-state index is 0.100. The molecule has 0 amide bonds. The molecule has 1 aromatic heterocycles. The molecule has 0 atom stereocenters. The van der Waals surface area contributed by atoms with Gasteiger partial charge in [0.15, 0.2) is 0 Å². The maximum atomic E-state index is 9.32. The van der Waals surface area contributed by atoms with Crippen LogP contribution >= 0.6 is 0 Å². The van der Waals surface area contributed by atoms with Gasteiger partial charge in [-0.1, -0.05) is 12.1 Å². The lowest BCUT2D eigenvalue weighted by Gasteiger charge is -2.09. The fraction of sp³-hybridized carbons (Fsp3) is 0.400. The van der Waals surface area contributed by atoms with Gasteiger partial charge in [-0.25, -0.2) is 0 Å². The molecule has 0 radical (unpaired) electrons. The highest BCUT2D eigenvalue weighted by Crippen LogP contribution is 2.25. The molecule has 1 N–H and O–H groups in total. The Bertz CT molecular complexity index is 532. The number of aryl methyl sites for hydroxylation is 2. The van der Waals surface area contributed by atoms with Gasteiger partial charge in [0.1, 0.15) is 0 Å². The maximum Gasteiger partial charge on any atom is 0.0686 e. The third-order valence-electron chi connectivity index (χ3n) is 3.32. The molecular formula is C15H20N2O. The van der Waals surface area contributed by atoms with E-state index in [9.17, 15) is 5.11 Å². The Kier molecular flexibility index (Phi) is 3.53. The van der Waals surface area contributed by atoms with Gasteiger partial charge >= 0.3 is 0 Å². The van der Waals surface area contributed by atoms with Crippen LogP contribution in [0.2, 0.25) is 0 Å². The molecule has 3 nitrogen and oxygen atoms in total. The van der Waals surface area contributed by atoms with E-state index in [-0.39, 0.29) is 6.61 Å². The molecule has 0 bridgehead atoms. The molecule has 3 heteroatoms. The number of aromatic nitrogens is 2. The van der Waals surface area contributed by atoms with Crippen LogP contribution in [-0.2, 0) is 6.61 Å². The Morgan fingerprint density at radius 2 is 1.78 bits per heavy atom. The van der Waals surface area contributed by atoms with Crippen LogP contribution in [0.3, 0.4) is 0 Å². The molecule has 0 spiro atoms. The van der Waals surface area contributed by atoms with Crippen molar-refractivity contribution in [2.24, 2.45) is 0 Å². The molecule has 0 fully saturated rings. The molecule has 0 aliphatic carbocycles. The van der Waals surface area contributed by atoms with E-state index >= 15 is 0 Å². The number of benzene rings is 1. The van der Waals surface area contributed by atoms with Crippen molar-refractivity contribution in [3.05, 3.63) is 41.2 Å². The summed E-state index contributed by atoms with van der Waals surface area (Å²) in [6.45, 7) is 8.40. The molecule has 1 heterocycles. The van der Waals surface area contributed by atoms with E-state index in [0.717, 1.165) is 27.8 Å². The third kappa shape index (κ3) is 2.31. The van der Waals surface area contributed by atoms with E-state index in [1.54, 1.807) is 0 Å². The number of hydrogen-bond donors (Lipinski definition) is 1. The predicted octanol–water partition coefficient (Wildman–Crippen LogP) is 3.24. The molecule has 0 aliphatic rings. The first-order chi connectivity index (χ1) is 8.52. The molecule has 96 valence electrons. The predicted molar refractivity (Wildman–Crippen MR) is 73.4 cm³/mol. The van der Waals surface area contributed by atoms with Crippen molar-refractivity contribution in [1.82, 2.24) is 9.78 Å². The first-order valence-corrected chi connectivity index (χ1v) is 6.28. The average molecular weight is 244 g/mol. The highest BCUT2D eigenvalue weighted by molar-refractivity contribution is 5.64. The zero-order valence-electron chi connectivity index (χ0n) is 11.4. The summed E-state index contributed by atoms with van der Waals surface area (Å²) in [4.78, 5) is 0. The Balaban J connectivity index is 2.44. The largest absolute Gasteiger partial charge is 0.392 e. The topological polar surface area (TPSA) is 38.0 Å². The fourth-order valence-corrected chi connectivity index (χ4v) is 2.18. The molecule has 18 heavy (non-hydrogen) atoms. The Morgan fingerprint density at radius 3 is 2.22 bits per heavy atom. The Morgan fingerprint density at radius 1 is 1.17 bits per heavy atom. The summed E-state index contributed by atoms with van der Waals surface area (Å²) >= 11 is 0. The molecule has 2 aromatic rings. The first kappa shape index (κ1) is 12.8. The summed E-state index contributed by atoms with van der Waals surface area (Å²) in [5.41, 5.74) is 5.57. The van der Waals surface area contributed by atoms with Crippen LogP contribution in [0.4, 0.5) is 0 Å². The van der Waals surface area contributed by atoms with Crippen molar-refractivity contribution < 1.29 is 5.11 Å². The zero-order chi connectivity index (χ0) is 13.3. The van der Waals surface area contributed by atoms with Gasteiger partial charge in [-0.15, -0.1) is 0 Å². The van der Waals surface area contributed by atoms with Gasteiger partial charge in [0.25, 0.3) is 0 Å². The van der Waals surface area contributed by atoms with Gasteiger partial charge in [0.2, 0.25) is 0 Å². The monoisotopic (exact) mass is 244 g/mol. The highest BCUT2D eigenvalue weighted by atomic mass is 16.3. The van der Waals surface area contributed by atoms with Crippen molar-refractivity contribution in [2.45, 2.75) is 40.3 Å².